The zero-order valence-corrected chi connectivity index (χ0v) is 12.8. The van der Waals surface area contributed by atoms with Gasteiger partial charge in [0.05, 0.1) is 6.10 Å². The Balaban J connectivity index is 1.69. The molecule has 1 aliphatic carbocycles. The summed E-state index contributed by atoms with van der Waals surface area (Å²) in [4.78, 5) is 15.6. The molecular weight excluding hydrogens is 264 g/mol. The highest BCUT2D eigenvalue weighted by atomic mass is 16.5. The number of fused-ring (bicyclic) bond motifs is 1. The number of aryl methyl sites for hydroxylation is 2. The number of aromatic nitrogens is 1. The van der Waals surface area contributed by atoms with Crippen molar-refractivity contribution in [3.05, 3.63) is 35.0 Å². The molecule has 1 aromatic carbocycles. The zero-order chi connectivity index (χ0) is 15.0. The summed E-state index contributed by atoms with van der Waals surface area (Å²) in [6, 6.07) is 6.08. The van der Waals surface area contributed by atoms with E-state index in [4.69, 9.17) is 4.74 Å². The maximum Gasteiger partial charge on any atom is 0.251 e. The molecule has 2 aromatic rings. The van der Waals surface area contributed by atoms with Crippen LogP contribution in [-0.4, -0.2) is 29.6 Å². The monoisotopic (exact) mass is 286 g/mol. The summed E-state index contributed by atoms with van der Waals surface area (Å²) < 4.78 is 5.52. The molecule has 0 radical (unpaired) electrons. The average Bonchev–Trinajstić information content (AvgIpc) is 2.71. The van der Waals surface area contributed by atoms with Crippen molar-refractivity contribution >= 4 is 16.8 Å². The van der Waals surface area contributed by atoms with Gasteiger partial charge in [-0.25, -0.2) is 0 Å². The zero-order valence-electron chi connectivity index (χ0n) is 12.8. The van der Waals surface area contributed by atoms with E-state index in [9.17, 15) is 4.79 Å². The summed E-state index contributed by atoms with van der Waals surface area (Å²) in [5.74, 6) is 0.00935. The van der Waals surface area contributed by atoms with Crippen molar-refractivity contribution in [1.29, 1.82) is 0 Å². The van der Waals surface area contributed by atoms with Gasteiger partial charge < -0.3 is 15.0 Å². The molecule has 0 bridgehead atoms. The molecule has 21 heavy (non-hydrogen) atoms. The summed E-state index contributed by atoms with van der Waals surface area (Å²) in [5.41, 5.74) is 4.17. The van der Waals surface area contributed by atoms with E-state index >= 15 is 0 Å². The predicted octanol–water partition coefficient (Wildman–Crippen LogP) is 3.08. The van der Waals surface area contributed by atoms with Crippen molar-refractivity contribution in [3.8, 4) is 0 Å². The molecule has 0 saturated heterocycles. The van der Waals surface area contributed by atoms with Crippen molar-refractivity contribution in [2.45, 2.75) is 45.8 Å². The molecule has 2 N–H and O–H groups in total. The quantitative estimate of drug-likeness (QED) is 0.907. The number of H-pyrrole nitrogens is 1. The van der Waals surface area contributed by atoms with E-state index in [0.29, 0.717) is 6.10 Å². The summed E-state index contributed by atoms with van der Waals surface area (Å²) in [6.45, 7) is 6.88. The summed E-state index contributed by atoms with van der Waals surface area (Å²) in [5, 5.41) is 4.21. The number of amides is 1. The van der Waals surface area contributed by atoms with Gasteiger partial charge in [-0.3, -0.25) is 4.79 Å². The standard InChI is InChI=1S/C17H22N2O2/c1-4-21-14-8-13(9-14)19-17(20)12-5-6-16-15(7-12)10(2)11(3)18-16/h5-7,13-14,18H,4,8-9H2,1-3H3,(H,19,20). The lowest BCUT2D eigenvalue weighted by Crippen LogP contribution is -2.47. The first kappa shape index (κ1) is 14.1. The highest BCUT2D eigenvalue weighted by Gasteiger charge is 2.30. The van der Waals surface area contributed by atoms with Crippen LogP contribution in [0.4, 0.5) is 0 Å². The number of aromatic amines is 1. The highest BCUT2D eigenvalue weighted by Crippen LogP contribution is 2.25. The third-order valence-electron chi connectivity index (χ3n) is 4.40. The first-order valence-corrected chi connectivity index (χ1v) is 7.60. The molecule has 1 fully saturated rings. The second-order valence-corrected chi connectivity index (χ2v) is 5.85. The smallest absolute Gasteiger partial charge is 0.251 e. The number of rotatable bonds is 4. The Morgan fingerprint density at radius 2 is 2.14 bits per heavy atom. The van der Waals surface area contributed by atoms with Gasteiger partial charge >= 0.3 is 0 Å². The molecule has 0 atom stereocenters. The van der Waals surface area contributed by atoms with Gasteiger partial charge in [0.15, 0.2) is 0 Å². The van der Waals surface area contributed by atoms with Crippen LogP contribution in [0.5, 0.6) is 0 Å². The molecule has 0 unspecified atom stereocenters. The topological polar surface area (TPSA) is 54.1 Å². The van der Waals surface area contributed by atoms with Crippen LogP contribution in [0.3, 0.4) is 0 Å². The average molecular weight is 286 g/mol. The van der Waals surface area contributed by atoms with Gasteiger partial charge in [-0.1, -0.05) is 0 Å². The summed E-state index contributed by atoms with van der Waals surface area (Å²) in [6.07, 6.45) is 2.16. The number of nitrogens with one attached hydrogen (secondary N) is 2. The lowest BCUT2D eigenvalue weighted by molar-refractivity contribution is -0.00862. The minimum atomic E-state index is 0.00935. The Hall–Kier alpha value is -1.81. The summed E-state index contributed by atoms with van der Waals surface area (Å²) >= 11 is 0. The molecule has 1 amide bonds. The Labute approximate surface area is 124 Å². The Bertz CT molecular complexity index is 669. The van der Waals surface area contributed by atoms with E-state index in [-0.39, 0.29) is 11.9 Å². The van der Waals surface area contributed by atoms with Crippen molar-refractivity contribution in [1.82, 2.24) is 10.3 Å². The maximum absolute atomic E-state index is 12.3. The molecule has 1 aliphatic rings. The Morgan fingerprint density at radius 1 is 1.38 bits per heavy atom. The molecule has 1 aromatic heterocycles. The second kappa shape index (κ2) is 5.53. The predicted molar refractivity (Wildman–Crippen MR) is 83.7 cm³/mol. The van der Waals surface area contributed by atoms with E-state index in [1.54, 1.807) is 0 Å². The van der Waals surface area contributed by atoms with E-state index in [1.165, 1.54) is 5.56 Å². The van der Waals surface area contributed by atoms with Crippen molar-refractivity contribution in [3.63, 3.8) is 0 Å². The minimum Gasteiger partial charge on any atom is -0.378 e. The van der Waals surface area contributed by atoms with E-state index in [2.05, 4.69) is 24.1 Å². The Morgan fingerprint density at radius 3 is 2.86 bits per heavy atom. The molecule has 4 nitrogen and oxygen atoms in total. The van der Waals surface area contributed by atoms with Crippen LogP contribution >= 0.6 is 0 Å². The van der Waals surface area contributed by atoms with Crippen LogP contribution in [0, 0.1) is 13.8 Å². The van der Waals surface area contributed by atoms with Crippen LogP contribution in [0.2, 0.25) is 0 Å². The number of ether oxygens (including phenoxy) is 1. The molecule has 0 spiro atoms. The van der Waals surface area contributed by atoms with Gasteiger partial charge in [0.25, 0.3) is 5.91 Å². The molecule has 1 heterocycles. The van der Waals surface area contributed by atoms with Gasteiger partial charge in [0, 0.05) is 34.8 Å². The summed E-state index contributed by atoms with van der Waals surface area (Å²) in [7, 11) is 0. The van der Waals surface area contributed by atoms with Crippen LogP contribution in [0.1, 0.15) is 41.4 Å². The van der Waals surface area contributed by atoms with Gasteiger partial charge in [-0.05, 0) is 57.4 Å². The van der Waals surface area contributed by atoms with E-state index < -0.39 is 0 Å². The number of benzene rings is 1. The first-order chi connectivity index (χ1) is 10.1. The van der Waals surface area contributed by atoms with Crippen molar-refractivity contribution in [2.24, 2.45) is 0 Å². The van der Waals surface area contributed by atoms with Gasteiger partial charge in [0.2, 0.25) is 0 Å². The number of carbonyl (C=O) groups is 1. The minimum absolute atomic E-state index is 0.00935. The SMILES string of the molecule is CCOC1CC(NC(=O)c2ccc3[nH]c(C)c(C)c3c2)C1. The lowest BCUT2D eigenvalue weighted by Gasteiger charge is -2.35. The van der Waals surface area contributed by atoms with E-state index in [1.807, 2.05) is 25.1 Å². The van der Waals surface area contributed by atoms with Gasteiger partial charge in [-0.2, -0.15) is 0 Å². The first-order valence-electron chi connectivity index (χ1n) is 7.60. The fourth-order valence-electron chi connectivity index (χ4n) is 2.93. The van der Waals surface area contributed by atoms with Crippen molar-refractivity contribution in [2.75, 3.05) is 6.61 Å². The van der Waals surface area contributed by atoms with E-state index in [0.717, 1.165) is 41.6 Å². The third kappa shape index (κ3) is 2.68. The highest BCUT2D eigenvalue weighted by molar-refractivity contribution is 5.99. The number of hydrogen-bond donors (Lipinski definition) is 2. The molecule has 1 saturated carbocycles. The molecule has 3 rings (SSSR count). The fourth-order valence-corrected chi connectivity index (χ4v) is 2.93. The second-order valence-electron chi connectivity index (χ2n) is 5.85. The fraction of sp³-hybridized carbons (Fsp3) is 0.471. The van der Waals surface area contributed by atoms with Crippen LogP contribution in [0.15, 0.2) is 18.2 Å². The van der Waals surface area contributed by atoms with Crippen LogP contribution in [-0.2, 0) is 4.74 Å². The van der Waals surface area contributed by atoms with Gasteiger partial charge in [0.1, 0.15) is 0 Å². The van der Waals surface area contributed by atoms with Crippen molar-refractivity contribution < 1.29 is 9.53 Å². The lowest BCUT2D eigenvalue weighted by atomic mass is 9.89. The van der Waals surface area contributed by atoms with Gasteiger partial charge in [-0.15, -0.1) is 0 Å². The molecule has 112 valence electrons. The van der Waals surface area contributed by atoms with Crippen LogP contribution in [0.25, 0.3) is 10.9 Å². The number of carbonyl (C=O) groups excluding carboxylic acids is 1. The Kier molecular flexibility index (Phi) is 3.72. The third-order valence-corrected chi connectivity index (χ3v) is 4.40. The normalized spacial score (nSPS) is 21.3. The largest absolute Gasteiger partial charge is 0.378 e. The molecular formula is C17H22N2O2. The van der Waals surface area contributed by atoms with Crippen LogP contribution < -0.4 is 5.32 Å². The molecule has 0 aliphatic heterocycles. The number of hydrogen-bond acceptors (Lipinski definition) is 2. The maximum atomic E-state index is 12.3. The molecule has 4 heteroatoms.